The van der Waals surface area contributed by atoms with Crippen molar-refractivity contribution in [1.82, 2.24) is 4.98 Å². The van der Waals surface area contributed by atoms with Gasteiger partial charge >= 0.3 is 0 Å². The highest BCUT2D eigenvalue weighted by Gasteiger charge is 2.39. The molecule has 1 fully saturated rings. The molecule has 130 valence electrons. The number of hydrogen-bond acceptors (Lipinski definition) is 5. The average molecular weight is 350 g/mol. The SMILES string of the molecule is O=C1CC(Nc2ccc3cc[nH]c3c2)C(=O)N1c1ccc([N+](=O)[O-])cc1. The molecule has 0 radical (unpaired) electrons. The van der Waals surface area contributed by atoms with Crippen molar-refractivity contribution in [3.05, 3.63) is 64.8 Å². The van der Waals surface area contributed by atoms with Crippen LogP contribution in [0.2, 0.25) is 0 Å². The smallest absolute Gasteiger partial charge is 0.269 e. The topological polar surface area (TPSA) is 108 Å². The Morgan fingerprint density at radius 2 is 1.88 bits per heavy atom. The fraction of sp³-hybridized carbons (Fsp3) is 0.111. The van der Waals surface area contributed by atoms with E-state index in [1.54, 1.807) is 0 Å². The fourth-order valence-electron chi connectivity index (χ4n) is 3.08. The Labute approximate surface area is 147 Å². The molecule has 8 nitrogen and oxygen atoms in total. The molecular formula is C18H14N4O4. The van der Waals surface area contributed by atoms with Crippen LogP contribution in [0.4, 0.5) is 17.1 Å². The van der Waals surface area contributed by atoms with Gasteiger partial charge in [-0.3, -0.25) is 19.7 Å². The maximum Gasteiger partial charge on any atom is 0.269 e. The molecule has 3 aromatic rings. The first-order valence-corrected chi connectivity index (χ1v) is 7.98. The summed E-state index contributed by atoms with van der Waals surface area (Å²) in [6, 6.07) is 12.3. The van der Waals surface area contributed by atoms with Gasteiger partial charge in [0.05, 0.1) is 17.0 Å². The second kappa shape index (κ2) is 5.99. The van der Waals surface area contributed by atoms with Crippen LogP contribution < -0.4 is 10.2 Å². The molecule has 4 rings (SSSR count). The zero-order chi connectivity index (χ0) is 18.3. The molecule has 0 bridgehead atoms. The van der Waals surface area contributed by atoms with Gasteiger partial charge in [-0.2, -0.15) is 0 Å². The lowest BCUT2D eigenvalue weighted by Gasteiger charge is -2.16. The molecule has 0 spiro atoms. The number of nitro benzene ring substituents is 1. The summed E-state index contributed by atoms with van der Waals surface area (Å²) < 4.78 is 0. The zero-order valence-electron chi connectivity index (χ0n) is 13.5. The number of nitro groups is 1. The Morgan fingerprint density at radius 3 is 2.62 bits per heavy atom. The predicted molar refractivity (Wildman–Crippen MR) is 95.9 cm³/mol. The third-order valence-electron chi connectivity index (χ3n) is 4.36. The average Bonchev–Trinajstić information content (AvgIpc) is 3.19. The molecular weight excluding hydrogens is 336 g/mol. The van der Waals surface area contributed by atoms with E-state index in [1.165, 1.54) is 24.3 Å². The van der Waals surface area contributed by atoms with Crippen molar-refractivity contribution in [2.24, 2.45) is 0 Å². The molecule has 2 amide bonds. The highest BCUT2D eigenvalue weighted by atomic mass is 16.6. The van der Waals surface area contributed by atoms with Gasteiger partial charge in [0, 0.05) is 29.5 Å². The number of carbonyl (C=O) groups is 2. The third-order valence-corrected chi connectivity index (χ3v) is 4.36. The molecule has 2 N–H and O–H groups in total. The normalized spacial score (nSPS) is 17.1. The van der Waals surface area contributed by atoms with Gasteiger partial charge in [0.25, 0.3) is 11.6 Å². The van der Waals surface area contributed by atoms with Crippen LogP contribution in [0.1, 0.15) is 6.42 Å². The van der Waals surface area contributed by atoms with Crippen LogP contribution in [-0.4, -0.2) is 27.8 Å². The lowest BCUT2D eigenvalue weighted by molar-refractivity contribution is -0.384. The van der Waals surface area contributed by atoms with Crippen molar-refractivity contribution in [2.75, 3.05) is 10.2 Å². The van der Waals surface area contributed by atoms with Gasteiger partial charge in [-0.15, -0.1) is 0 Å². The van der Waals surface area contributed by atoms with Gasteiger partial charge in [0.2, 0.25) is 5.91 Å². The minimum Gasteiger partial charge on any atom is -0.373 e. The third kappa shape index (κ3) is 2.67. The Balaban J connectivity index is 1.55. The van der Waals surface area contributed by atoms with E-state index in [0.29, 0.717) is 5.69 Å². The van der Waals surface area contributed by atoms with Gasteiger partial charge in [-0.25, -0.2) is 4.90 Å². The van der Waals surface area contributed by atoms with E-state index in [4.69, 9.17) is 0 Å². The maximum absolute atomic E-state index is 12.7. The van der Waals surface area contributed by atoms with Crippen LogP contribution in [0.3, 0.4) is 0 Å². The molecule has 0 aliphatic carbocycles. The molecule has 1 saturated heterocycles. The van der Waals surface area contributed by atoms with Gasteiger partial charge < -0.3 is 10.3 Å². The fourth-order valence-corrected chi connectivity index (χ4v) is 3.08. The molecule has 1 unspecified atom stereocenters. The van der Waals surface area contributed by atoms with Crippen LogP contribution in [0, 0.1) is 10.1 Å². The van der Waals surface area contributed by atoms with Crippen LogP contribution in [-0.2, 0) is 9.59 Å². The van der Waals surface area contributed by atoms with Crippen LogP contribution in [0.25, 0.3) is 10.9 Å². The highest BCUT2D eigenvalue weighted by molar-refractivity contribution is 6.23. The van der Waals surface area contributed by atoms with Crippen molar-refractivity contribution in [3.63, 3.8) is 0 Å². The summed E-state index contributed by atoms with van der Waals surface area (Å²) in [5.74, 6) is -0.724. The second-order valence-electron chi connectivity index (χ2n) is 6.02. The standard InChI is InChI=1S/C18H14N4O4/c23-17-10-16(20-12-2-1-11-7-8-19-15(11)9-12)18(24)21(17)13-3-5-14(6-4-13)22(25)26/h1-9,16,19-20H,10H2. The number of rotatable bonds is 4. The van der Waals surface area contributed by atoms with Crippen LogP contribution in [0.15, 0.2) is 54.7 Å². The molecule has 8 heteroatoms. The van der Waals surface area contributed by atoms with E-state index in [0.717, 1.165) is 21.5 Å². The largest absolute Gasteiger partial charge is 0.373 e. The number of amides is 2. The molecule has 2 aromatic carbocycles. The summed E-state index contributed by atoms with van der Waals surface area (Å²) in [7, 11) is 0. The van der Waals surface area contributed by atoms with E-state index in [9.17, 15) is 19.7 Å². The summed E-state index contributed by atoms with van der Waals surface area (Å²) >= 11 is 0. The van der Waals surface area contributed by atoms with Crippen molar-refractivity contribution in [2.45, 2.75) is 12.5 Å². The number of non-ortho nitro benzene ring substituents is 1. The van der Waals surface area contributed by atoms with E-state index in [2.05, 4.69) is 10.3 Å². The summed E-state index contributed by atoms with van der Waals surface area (Å²) in [6.45, 7) is 0. The molecule has 1 aromatic heterocycles. The van der Waals surface area contributed by atoms with Gasteiger partial charge in [0.15, 0.2) is 0 Å². The zero-order valence-corrected chi connectivity index (χ0v) is 13.5. The Morgan fingerprint density at radius 1 is 1.12 bits per heavy atom. The lowest BCUT2D eigenvalue weighted by atomic mass is 10.2. The number of fused-ring (bicyclic) bond motifs is 1. The van der Waals surface area contributed by atoms with Crippen molar-refractivity contribution in [3.8, 4) is 0 Å². The monoisotopic (exact) mass is 350 g/mol. The van der Waals surface area contributed by atoms with Gasteiger partial charge in [0.1, 0.15) is 6.04 Å². The van der Waals surface area contributed by atoms with Crippen molar-refractivity contribution >= 4 is 39.8 Å². The minimum atomic E-state index is -0.676. The number of H-pyrrole nitrogens is 1. The second-order valence-corrected chi connectivity index (χ2v) is 6.02. The summed E-state index contributed by atoms with van der Waals surface area (Å²) in [5.41, 5.74) is 1.90. The maximum atomic E-state index is 12.7. The number of aromatic amines is 1. The molecule has 1 aliphatic rings. The molecule has 1 atom stereocenters. The molecule has 1 aliphatic heterocycles. The van der Waals surface area contributed by atoms with Gasteiger partial charge in [-0.05, 0) is 35.7 Å². The summed E-state index contributed by atoms with van der Waals surface area (Å²) in [5, 5.41) is 14.9. The van der Waals surface area contributed by atoms with E-state index in [1.807, 2.05) is 30.5 Å². The van der Waals surface area contributed by atoms with Crippen LogP contribution >= 0.6 is 0 Å². The Kier molecular flexibility index (Phi) is 3.65. The molecule has 0 saturated carbocycles. The van der Waals surface area contributed by atoms with E-state index in [-0.39, 0.29) is 23.9 Å². The van der Waals surface area contributed by atoms with Gasteiger partial charge in [-0.1, -0.05) is 6.07 Å². The first-order valence-electron chi connectivity index (χ1n) is 7.98. The summed E-state index contributed by atoms with van der Waals surface area (Å²) in [4.78, 5) is 39.3. The van der Waals surface area contributed by atoms with E-state index >= 15 is 0 Å². The summed E-state index contributed by atoms with van der Waals surface area (Å²) in [6.07, 6.45) is 1.85. The first-order chi connectivity index (χ1) is 12.5. The predicted octanol–water partition coefficient (Wildman–Crippen LogP) is 2.82. The number of imide groups is 1. The number of carbonyl (C=O) groups excluding carboxylic acids is 2. The lowest BCUT2D eigenvalue weighted by Crippen LogP contribution is -2.34. The van der Waals surface area contributed by atoms with Crippen LogP contribution in [0.5, 0.6) is 0 Å². The Bertz CT molecular complexity index is 1030. The number of aromatic nitrogens is 1. The Hall–Kier alpha value is -3.68. The van der Waals surface area contributed by atoms with E-state index < -0.39 is 11.0 Å². The quantitative estimate of drug-likeness (QED) is 0.427. The number of anilines is 2. The number of nitrogens with zero attached hydrogens (tertiary/aromatic N) is 2. The highest BCUT2D eigenvalue weighted by Crippen LogP contribution is 2.27. The minimum absolute atomic E-state index is 0.0264. The van der Waals surface area contributed by atoms with Crippen molar-refractivity contribution < 1.29 is 14.5 Å². The molecule has 26 heavy (non-hydrogen) atoms. The molecule has 2 heterocycles. The number of nitrogens with one attached hydrogen (secondary N) is 2. The first kappa shape index (κ1) is 15.8. The number of hydrogen-bond donors (Lipinski definition) is 2. The number of benzene rings is 2. The van der Waals surface area contributed by atoms with Crippen molar-refractivity contribution in [1.29, 1.82) is 0 Å².